The molecule has 3 saturated heterocycles. The van der Waals surface area contributed by atoms with Gasteiger partial charge in [0.25, 0.3) is 0 Å². The number of aliphatic hydroxyl groups excluding tert-OH is 11. The molecule has 19 heteroatoms. The van der Waals surface area contributed by atoms with Crippen LogP contribution in [-0.2, 0) is 33.2 Å². The van der Waals surface area contributed by atoms with Crippen molar-refractivity contribution < 1.29 is 89.4 Å². The number of hydrogen-bond acceptors (Lipinski definition) is 18. The molecule has 0 aromatic heterocycles. The molecule has 3 rings (SSSR count). The smallest absolute Gasteiger partial charge is 0.220 e. The molecular weight excluding hydrogens is 746 g/mol. The number of carbonyl (C=O) groups is 1. The predicted molar refractivity (Wildman–Crippen MR) is 194 cm³/mol. The monoisotopic (exact) mass is 815 g/mol. The second-order valence-electron chi connectivity index (χ2n) is 15.1. The lowest BCUT2D eigenvalue weighted by Crippen LogP contribution is -2.66. The lowest BCUT2D eigenvalue weighted by atomic mass is 9.96. The van der Waals surface area contributed by atoms with Crippen LogP contribution in [0.25, 0.3) is 0 Å². The van der Waals surface area contributed by atoms with E-state index in [2.05, 4.69) is 12.2 Å². The van der Waals surface area contributed by atoms with E-state index in [9.17, 15) is 61.0 Å². The molecule has 330 valence electrons. The SMILES string of the molecule is CCCCCCCCCCCCCC(O)C(COC1OC(CO)C(OC2OC(CO)C(OC3OC(CO)C(O)C(O)C3O)C(O)C2O)C(O)C1O)NC(=O)CC. The highest BCUT2D eigenvalue weighted by Gasteiger charge is 2.53. The highest BCUT2D eigenvalue weighted by molar-refractivity contribution is 5.75. The highest BCUT2D eigenvalue weighted by Crippen LogP contribution is 2.33. The lowest BCUT2D eigenvalue weighted by Gasteiger charge is -2.48. The van der Waals surface area contributed by atoms with Gasteiger partial charge in [-0.15, -0.1) is 0 Å². The summed E-state index contributed by atoms with van der Waals surface area (Å²) in [5.41, 5.74) is 0. The van der Waals surface area contributed by atoms with E-state index in [0.717, 1.165) is 25.7 Å². The molecule has 56 heavy (non-hydrogen) atoms. The standard InChI is InChI=1S/C37H69NO18/c1-3-5-6-7-8-9-10-11-12-13-14-15-21(42)20(38-25(43)4-2)19-51-35-31(49)28(46)33(23(17-40)53-35)56-37-32(50)29(47)34(24(18-41)54-37)55-36-30(48)27(45)26(44)22(16-39)52-36/h20-24,26-37,39-42,44-50H,3-19H2,1-2H3,(H,38,43). The molecule has 3 aliphatic heterocycles. The Morgan fingerprint density at radius 3 is 1.48 bits per heavy atom. The molecular formula is C37H69NO18. The van der Waals surface area contributed by atoms with E-state index in [0.29, 0.717) is 6.42 Å². The van der Waals surface area contributed by atoms with Gasteiger partial charge in [0.2, 0.25) is 5.91 Å². The van der Waals surface area contributed by atoms with Crippen LogP contribution in [0.15, 0.2) is 0 Å². The summed E-state index contributed by atoms with van der Waals surface area (Å²) >= 11 is 0. The molecule has 1 amide bonds. The summed E-state index contributed by atoms with van der Waals surface area (Å²) in [5, 5.41) is 118. The zero-order valence-corrected chi connectivity index (χ0v) is 32.6. The maximum absolute atomic E-state index is 12.3. The first-order chi connectivity index (χ1) is 26.8. The zero-order chi connectivity index (χ0) is 41.4. The molecule has 0 aromatic carbocycles. The number of nitrogens with one attached hydrogen (secondary N) is 1. The van der Waals surface area contributed by atoms with Crippen LogP contribution in [0, 0.1) is 0 Å². The number of hydrogen-bond donors (Lipinski definition) is 12. The van der Waals surface area contributed by atoms with Gasteiger partial charge in [0, 0.05) is 6.42 Å². The van der Waals surface area contributed by atoms with Gasteiger partial charge in [0.15, 0.2) is 18.9 Å². The minimum atomic E-state index is -1.96. The Morgan fingerprint density at radius 1 is 0.571 bits per heavy atom. The first-order valence-corrected chi connectivity index (χ1v) is 20.3. The average Bonchev–Trinajstić information content (AvgIpc) is 3.20. The van der Waals surface area contributed by atoms with E-state index >= 15 is 0 Å². The molecule has 3 fully saturated rings. The first-order valence-electron chi connectivity index (χ1n) is 20.3. The second kappa shape index (κ2) is 25.4. The van der Waals surface area contributed by atoms with Crippen molar-refractivity contribution in [3.05, 3.63) is 0 Å². The summed E-state index contributed by atoms with van der Waals surface area (Å²) in [4.78, 5) is 12.3. The van der Waals surface area contributed by atoms with Crippen LogP contribution in [0.2, 0.25) is 0 Å². The molecule has 0 bridgehead atoms. The fourth-order valence-electron chi connectivity index (χ4n) is 7.16. The van der Waals surface area contributed by atoms with E-state index < -0.39 is 124 Å². The van der Waals surface area contributed by atoms with Gasteiger partial charge < -0.3 is 89.9 Å². The van der Waals surface area contributed by atoms with Gasteiger partial charge in [-0.2, -0.15) is 0 Å². The first kappa shape index (κ1) is 49.2. The molecule has 17 unspecified atom stereocenters. The average molecular weight is 816 g/mol. The Balaban J connectivity index is 1.54. The van der Waals surface area contributed by atoms with Crippen molar-refractivity contribution in [3.8, 4) is 0 Å². The third kappa shape index (κ3) is 13.9. The Hall–Kier alpha value is -1.21. The summed E-state index contributed by atoms with van der Waals surface area (Å²) in [7, 11) is 0. The fraction of sp³-hybridized carbons (Fsp3) is 0.973. The summed E-state index contributed by atoms with van der Waals surface area (Å²) in [6.07, 6.45) is -13.3. The quantitative estimate of drug-likeness (QED) is 0.0421. The van der Waals surface area contributed by atoms with Crippen molar-refractivity contribution >= 4 is 5.91 Å². The van der Waals surface area contributed by atoms with Crippen molar-refractivity contribution in [2.24, 2.45) is 0 Å². The fourth-order valence-corrected chi connectivity index (χ4v) is 7.16. The van der Waals surface area contributed by atoms with Crippen LogP contribution in [0.5, 0.6) is 0 Å². The molecule has 0 saturated carbocycles. The number of carbonyl (C=O) groups excluding carboxylic acids is 1. The maximum Gasteiger partial charge on any atom is 0.220 e. The lowest BCUT2D eigenvalue weighted by molar-refractivity contribution is -0.379. The largest absolute Gasteiger partial charge is 0.394 e. The summed E-state index contributed by atoms with van der Waals surface area (Å²) in [5.74, 6) is -0.335. The van der Waals surface area contributed by atoms with E-state index in [4.69, 9.17) is 28.4 Å². The molecule has 12 N–H and O–H groups in total. The van der Waals surface area contributed by atoms with E-state index in [-0.39, 0.29) is 18.9 Å². The Morgan fingerprint density at radius 2 is 1.00 bits per heavy atom. The van der Waals surface area contributed by atoms with E-state index in [1.54, 1.807) is 6.92 Å². The third-order valence-electron chi connectivity index (χ3n) is 10.7. The van der Waals surface area contributed by atoms with Gasteiger partial charge in [0.05, 0.1) is 38.6 Å². The molecule has 3 heterocycles. The zero-order valence-electron chi connectivity index (χ0n) is 32.6. The topological polar surface area (TPSA) is 307 Å². The van der Waals surface area contributed by atoms with Crippen LogP contribution in [0.1, 0.15) is 97.3 Å². The highest BCUT2D eigenvalue weighted by atomic mass is 16.8. The van der Waals surface area contributed by atoms with Gasteiger partial charge in [-0.3, -0.25) is 4.79 Å². The summed E-state index contributed by atoms with van der Waals surface area (Å²) < 4.78 is 33.6. The van der Waals surface area contributed by atoms with Crippen LogP contribution < -0.4 is 5.32 Å². The summed E-state index contributed by atoms with van der Waals surface area (Å²) in [6.45, 7) is 1.15. The van der Waals surface area contributed by atoms with Gasteiger partial charge >= 0.3 is 0 Å². The molecule has 0 aliphatic carbocycles. The van der Waals surface area contributed by atoms with Crippen LogP contribution in [0.4, 0.5) is 0 Å². The predicted octanol–water partition coefficient (Wildman–Crippen LogP) is -2.59. The normalized spacial score (nSPS) is 37.6. The number of ether oxygens (including phenoxy) is 6. The molecule has 19 nitrogen and oxygen atoms in total. The van der Waals surface area contributed by atoms with Gasteiger partial charge in [0.1, 0.15) is 73.2 Å². The maximum atomic E-state index is 12.3. The molecule has 3 aliphatic rings. The molecule has 17 atom stereocenters. The van der Waals surface area contributed by atoms with Crippen molar-refractivity contribution in [1.29, 1.82) is 0 Å². The van der Waals surface area contributed by atoms with Crippen LogP contribution >= 0.6 is 0 Å². The number of aliphatic hydroxyl groups is 11. The molecule has 0 spiro atoms. The Bertz CT molecular complexity index is 1070. The minimum Gasteiger partial charge on any atom is -0.394 e. The molecule has 0 aromatic rings. The molecule has 0 radical (unpaired) electrons. The number of amides is 1. The van der Waals surface area contributed by atoms with Crippen molar-refractivity contribution in [1.82, 2.24) is 5.32 Å². The minimum absolute atomic E-state index is 0.149. The van der Waals surface area contributed by atoms with Gasteiger partial charge in [-0.25, -0.2) is 0 Å². The van der Waals surface area contributed by atoms with Crippen LogP contribution in [0.3, 0.4) is 0 Å². The van der Waals surface area contributed by atoms with E-state index in [1.807, 2.05) is 0 Å². The number of unbranched alkanes of at least 4 members (excludes halogenated alkanes) is 10. The van der Waals surface area contributed by atoms with Crippen molar-refractivity contribution in [2.45, 2.75) is 202 Å². The van der Waals surface area contributed by atoms with Gasteiger partial charge in [-0.1, -0.05) is 84.5 Å². The third-order valence-corrected chi connectivity index (χ3v) is 10.7. The van der Waals surface area contributed by atoms with E-state index in [1.165, 1.54) is 44.9 Å². The summed E-state index contributed by atoms with van der Waals surface area (Å²) in [6, 6.07) is -0.874. The second-order valence-corrected chi connectivity index (χ2v) is 15.1. The van der Waals surface area contributed by atoms with Crippen molar-refractivity contribution in [2.75, 3.05) is 26.4 Å². The van der Waals surface area contributed by atoms with Crippen LogP contribution in [-0.4, -0.2) is 193 Å². The Kier molecular flexibility index (Phi) is 22.3. The Labute approximate surface area is 328 Å². The van der Waals surface area contributed by atoms with Crippen molar-refractivity contribution in [3.63, 3.8) is 0 Å². The van der Waals surface area contributed by atoms with Gasteiger partial charge in [-0.05, 0) is 6.42 Å². The number of rotatable bonds is 25.